The van der Waals surface area contributed by atoms with Crippen molar-refractivity contribution in [1.82, 2.24) is 9.88 Å². The summed E-state index contributed by atoms with van der Waals surface area (Å²) in [6, 6.07) is 17.4. The van der Waals surface area contributed by atoms with Crippen molar-refractivity contribution < 1.29 is 9.53 Å². The van der Waals surface area contributed by atoms with E-state index in [9.17, 15) is 4.79 Å². The van der Waals surface area contributed by atoms with Gasteiger partial charge in [-0.3, -0.25) is 9.69 Å². The van der Waals surface area contributed by atoms with Crippen LogP contribution < -0.4 is 5.32 Å². The SMILES string of the molecule is N#Cc1cccc(NC(=O)Cc2csc(-c3ccc(CN4CCOCC4)cc3)n2)c1. The van der Waals surface area contributed by atoms with Gasteiger partial charge in [-0.2, -0.15) is 5.26 Å². The normalized spacial score (nSPS) is 14.2. The summed E-state index contributed by atoms with van der Waals surface area (Å²) < 4.78 is 5.40. The number of nitriles is 1. The zero-order chi connectivity index (χ0) is 20.8. The number of nitrogens with one attached hydrogen (secondary N) is 1. The van der Waals surface area contributed by atoms with Crippen LogP contribution in [-0.2, 0) is 22.5 Å². The lowest BCUT2D eigenvalue weighted by atomic mass is 10.1. The highest BCUT2D eigenvalue weighted by atomic mass is 32.1. The number of hydrogen-bond acceptors (Lipinski definition) is 6. The third-order valence-corrected chi connectivity index (χ3v) is 5.82. The molecule has 2 heterocycles. The van der Waals surface area contributed by atoms with Crippen LogP contribution in [0.15, 0.2) is 53.9 Å². The number of thiazole rings is 1. The van der Waals surface area contributed by atoms with Gasteiger partial charge < -0.3 is 10.1 Å². The number of hydrogen-bond donors (Lipinski definition) is 1. The van der Waals surface area contributed by atoms with Gasteiger partial charge in [0.2, 0.25) is 5.91 Å². The highest BCUT2D eigenvalue weighted by molar-refractivity contribution is 7.13. The van der Waals surface area contributed by atoms with E-state index >= 15 is 0 Å². The third kappa shape index (κ3) is 5.30. The number of nitrogens with zero attached hydrogens (tertiary/aromatic N) is 3. The fourth-order valence-electron chi connectivity index (χ4n) is 3.33. The Bertz CT molecular complexity index is 1050. The Morgan fingerprint density at radius 1 is 1.20 bits per heavy atom. The molecule has 4 rings (SSSR count). The summed E-state index contributed by atoms with van der Waals surface area (Å²) in [6.07, 6.45) is 0.197. The standard InChI is InChI=1S/C23H22N4O2S/c24-14-18-2-1-3-20(12-18)25-22(28)13-21-16-30-23(26-21)19-6-4-17(5-7-19)15-27-8-10-29-11-9-27/h1-7,12,16H,8-11,13,15H2,(H,25,28). The number of carbonyl (C=O) groups excluding carboxylic acids is 1. The minimum Gasteiger partial charge on any atom is -0.379 e. The maximum Gasteiger partial charge on any atom is 0.230 e. The molecule has 3 aromatic rings. The molecule has 0 bridgehead atoms. The molecule has 1 aliphatic heterocycles. The van der Waals surface area contributed by atoms with Gasteiger partial charge in [-0.1, -0.05) is 30.3 Å². The summed E-state index contributed by atoms with van der Waals surface area (Å²) >= 11 is 1.54. The molecule has 0 spiro atoms. The van der Waals surface area contributed by atoms with Crippen molar-refractivity contribution in [1.29, 1.82) is 5.26 Å². The van der Waals surface area contributed by atoms with Gasteiger partial charge in [0.1, 0.15) is 5.01 Å². The lowest BCUT2D eigenvalue weighted by Gasteiger charge is -2.26. The number of aromatic nitrogens is 1. The van der Waals surface area contributed by atoms with Crippen LogP contribution in [0, 0.1) is 11.3 Å². The van der Waals surface area contributed by atoms with E-state index in [1.54, 1.807) is 24.3 Å². The molecule has 2 aromatic carbocycles. The average Bonchev–Trinajstić information content (AvgIpc) is 3.23. The number of carbonyl (C=O) groups is 1. The first-order valence-corrected chi connectivity index (χ1v) is 10.7. The summed E-state index contributed by atoms with van der Waals surface area (Å²) in [5.74, 6) is -0.150. The summed E-state index contributed by atoms with van der Waals surface area (Å²) in [4.78, 5) is 19.3. The minimum atomic E-state index is -0.150. The molecule has 1 saturated heterocycles. The predicted octanol–water partition coefficient (Wildman–Crippen LogP) is 3.70. The van der Waals surface area contributed by atoms with Crippen LogP contribution in [0.4, 0.5) is 5.69 Å². The van der Waals surface area contributed by atoms with Gasteiger partial charge in [0.15, 0.2) is 0 Å². The lowest BCUT2D eigenvalue weighted by molar-refractivity contribution is -0.115. The summed E-state index contributed by atoms with van der Waals surface area (Å²) in [6.45, 7) is 4.48. The fraction of sp³-hybridized carbons (Fsp3) is 0.261. The van der Waals surface area contributed by atoms with Crippen LogP contribution in [0.3, 0.4) is 0 Å². The second-order valence-corrected chi connectivity index (χ2v) is 8.01. The maximum atomic E-state index is 12.3. The molecule has 1 amide bonds. The first kappa shape index (κ1) is 20.2. The monoisotopic (exact) mass is 418 g/mol. The van der Waals surface area contributed by atoms with Crippen molar-refractivity contribution in [2.45, 2.75) is 13.0 Å². The third-order valence-electron chi connectivity index (χ3n) is 4.88. The molecule has 0 radical (unpaired) electrons. The molecule has 7 heteroatoms. The number of anilines is 1. The Balaban J connectivity index is 1.35. The molecule has 6 nitrogen and oxygen atoms in total. The van der Waals surface area contributed by atoms with Crippen LogP contribution in [0.5, 0.6) is 0 Å². The van der Waals surface area contributed by atoms with Crippen LogP contribution in [0.25, 0.3) is 10.6 Å². The Labute approximate surface area is 179 Å². The van der Waals surface area contributed by atoms with E-state index < -0.39 is 0 Å². The second kappa shape index (κ2) is 9.63. The van der Waals surface area contributed by atoms with Gasteiger partial charge in [0, 0.05) is 36.3 Å². The number of rotatable bonds is 6. The molecule has 152 valence electrons. The number of benzene rings is 2. The van der Waals surface area contributed by atoms with E-state index in [0.29, 0.717) is 11.3 Å². The Kier molecular flexibility index (Phi) is 6.50. The number of ether oxygens (including phenoxy) is 1. The summed E-state index contributed by atoms with van der Waals surface area (Å²) in [5, 5.41) is 14.6. The first-order chi connectivity index (χ1) is 14.7. The minimum absolute atomic E-state index is 0.150. The van der Waals surface area contributed by atoms with E-state index in [4.69, 9.17) is 10.00 Å². The quantitative estimate of drug-likeness (QED) is 0.660. The van der Waals surface area contributed by atoms with Crippen molar-refractivity contribution in [3.05, 3.63) is 70.7 Å². The molecule has 0 unspecified atom stereocenters. The second-order valence-electron chi connectivity index (χ2n) is 7.15. The highest BCUT2D eigenvalue weighted by Gasteiger charge is 2.12. The average molecular weight is 419 g/mol. The van der Waals surface area contributed by atoms with Crippen LogP contribution in [0.1, 0.15) is 16.8 Å². The molecular weight excluding hydrogens is 396 g/mol. The van der Waals surface area contributed by atoms with Gasteiger partial charge in [-0.15, -0.1) is 11.3 Å². The molecule has 30 heavy (non-hydrogen) atoms. The summed E-state index contributed by atoms with van der Waals surface area (Å²) in [7, 11) is 0. The molecule has 1 fully saturated rings. The molecular formula is C23H22N4O2S. The fourth-order valence-corrected chi connectivity index (χ4v) is 4.15. The predicted molar refractivity (Wildman–Crippen MR) is 117 cm³/mol. The Hall–Kier alpha value is -3.05. The van der Waals surface area contributed by atoms with Crippen molar-refractivity contribution in [2.24, 2.45) is 0 Å². The van der Waals surface area contributed by atoms with E-state index in [2.05, 4.69) is 45.5 Å². The smallest absolute Gasteiger partial charge is 0.230 e. The molecule has 1 aromatic heterocycles. The largest absolute Gasteiger partial charge is 0.379 e. The van der Waals surface area contributed by atoms with Crippen LogP contribution >= 0.6 is 11.3 Å². The van der Waals surface area contributed by atoms with Crippen LogP contribution in [0.2, 0.25) is 0 Å². The van der Waals surface area contributed by atoms with E-state index in [0.717, 1.165) is 49.1 Å². The van der Waals surface area contributed by atoms with Crippen molar-refractivity contribution in [3.8, 4) is 16.6 Å². The van der Waals surface area contributed by atoms with Gasteiger partial charge in [0.05, 0.1) is 37.0 Å². The van der Waals surface area contributed by atoms with Crippen molar-refractivity contribution in [2.75, 3.05) is 31.6 Å². The molecule has 1 aliphatic rings. The van der Waals surface area contributed by atoms with Crippen molar-refractivity contribution in [3.63, 3.8) is 0 Å². The van der Waals surface area contributed by atoms with Gasteiger partial charge in [-0.05, 0) is 23.8 Å². The van der Waals surface area contributed by atoms with Gasteiger partial charge in [0.25, 0.3) is 0 Å². The highest BCUT2D eigenvalue weighted by Crippen LogP contribution is 2.25. The molecule has 1 N–H and O–H groups in total. The number of morpholine rings is 1. The Morgan fingerprint density at radius 3 is 2.77 bits per heavy atom. The zero-order valence-electron chi connectivity index (χ0n) is 16.5. The van der Waals surface area contributed by atoms with E-state index in [1.165, 1.54) is 16.9 Å². The Morgan fingerprint density at radius 2 is 2.00 bits per heavy atom. The van der Waals surface area contributed by atoms with E-state index in [-0.39, 0.29) is 12.3 Å². The lowest BCUT2D eigenvalue weighted by Crippen LogP contribution is -2.35. The van der Waals surface area contributed by atoms with Crippen LogP contribution in [-0.4, -0.2) is 42.1 Å². The van der Waals surface area contributed by atoms with Gasteiger partial charge >= 0.3 is 0 Å². The molecule has 0 aliphatic carbocycles. The molecule has 0 atom stereocenters. The topological polar surface area (TPSA) is 78.2 Å². The van der Waals surface area contributed by atoms with Gasteiger partial charge in [-0.25, -0.2) is 4.98 Å². The van der Waals surface area contributed by atoms with Crippen molar-refractivity contribution >= 4 is 22.9 Å². The van der Waals surface area contributed by atoms with E-state index in [1.807, 2.05) is 5.38 Å². The maximum absolute atomic E-state index is 12.3. The summed E-state index contributed by atoms with van der Waals surface area (Å²) in [5.41, 5.74) is 4.20. The first-order valence-electron chi connectivity index (χ1n) is 9.83. The zero-order valence-corrected chi connectivity index (χ0v) is 17.3. The molecule has 0 saturated carbocycles. The number of amides is 1.